The van der Waals surface area contributed by atoms with Crippen LogP contribution >= 0.6 is 23.8 Å². The number of aryl methyl sites for hydroxylation is 1. The van der Waals surface area contributed by atoms with Gasteiger partial charge in [0.15, 0.2) is 14.9 Å². The summed E-state index contributed by atoms with van der Waals surface area (Å²) in [5, 5.41) is 5.55. The second-order valence-electron chi connectivity index (χ2n) is 6.23. The van der Waals surface area contributed by atoms with Gasteiger partial charge in [0.1, 0.15) is 0 Å². The Hall–Kier alpha value is -1.89. The fourth-order valence-corrected chi connectivity index (χ4v) is 4.54. The van der Waals surface area contributed by atoms with Crippen LogP contribution in [0.4, 0.5) is 5.69 Å². The molecule has 0 fully saturated rings. The van der Waals surface area contributed by atoms with Gasteiger partial charge >= 0.3 is 0 Å². The highest BCUT2D eigenvalue weighted by Gasteiger charge is 2.29. The lowest BCUT2D eigenvalue weighted by atomic mass is 10.2. The van der Waals surface area contributed by atoms with Crippen molar-refractivity contribution in [2.75, 3.05) is 11.1 Å². The topological polar surface area (TPSA) is 49.4 Å². The molecule has 0 spiro atoms. The van der Waals surface area contributed by atoms with Crippen LogP contribution in [-0.2, 0) is 16.4 Å². The van der Waals surface area contributed by atoms with Gasteiger partial charge in [0.05, 0.1) is 11.8 Å². The number of nitrogens with one attached hydrogen (secondary N) is 1. The van der Waals surface area contributed by atoms with E-state index in [1.165, 1.54) is 5.41 Å². The van der Waals surface area contributed by atoms with Crippen LogP contribution in [0.25, 0.3) is 0 Å². The summed E-state index contributed by atoms with van der Waals surface area (Å²) >= 11 is 11.8. The van der Waals surface area contributed by atoms with Gasteiger partial charge in [0.2, 0.25) is 0 Å². The number of halogens is 1. The van der Waals surface area contributed by atoms with Gasteiger partial charge in [-0.2, -0.15) is 0 Å². The van der Waals surface area contributed by atoms with Crippen LogP contribution in [0.2, 0.25) is 5.02 Å². The normalized spacial score (nSPS) is 17.8. The van der Waals surface area contributed by atoms with Crippen molar-refractivity contribution in [1.29, 1.82) is 0 Å². The molecule has 1 N–H and O–H groups in total. The first-order valence-electron chi connectivity index (χ1n) is 8.13. The predicted molar refractivity (Wildman–Crippen MR) is 111 cm³/mol. The summed E-state index contributed by atoms with van der Waals surface area (Å²) in [5.41, 5.74) is 2.80. The molecule has 0 saturated carbocycles. The Bertz CT molecular complexity index is 943. The first-order chi connectivity index (χ1) is 12.3. The molecule has 4 nitrogen and oxygen atoms in total. The molecule has 0 unspecified atom stereocenters. The van der Waals surface area contributed by atoms with E-state index < -0.39 is 9.84 Å². The molecule has 0 bridgehead atoms. The van der Waals surface area contributed by atoms with Crippen molar-refractivity contribution in [3.05, 3.63) is 76.2 Å². The minimum absolute atomic E-state index is 0.0241. The maximum absolute atomic E-state index is 11.9. The number of hydrogen-bond acceptors (Lipinski definition) is 3. The van der Waals surface area contributed by atoms with E-state index in [1.807, 2.05) is 60.4 Å². The zero-order chi connectivity index (χ0) is 18.7. The second-order valence-corrected chi connectivity index (χ2v) is 8.96. The third-order valence-electron chi connectivity index (χ3n) is 4.19. The molecule has 0 aliphatic carbocycles. The maximum atomic E-state index is 11.9. The Morgan fingerprint density at radius 1 is 1.27 bits per heavy atom. The van der Waals surface area contributed by atoms with Crippen LogP contribution in [0.15, 0.2) is 60.0 Å². The van der Waals surface area contributed by atoms with Crippen molar-refractivity contribution < 1.29 is 8.42 Å². The van der Waals surface area contributed by atoms with Crippen molar-refractivity contribution in [2.45, 2.75) is 19.5 Å². The monoisotopic (exact) mass is 406 g/mol. The highest BCUT2D eigenvalue weighted by Crippen LogP contribution is 2.22. The quantitative estimate of drug-likeness (QED) is 0.772. The molecule has 0 radical (unpaired) electrons. The third kappa shape index (κ3) is 4.63. The fourth-order valence-electron chi connectivity index (χ4n) is 2.74. The number of benzene rings is 2. The first-order valence-corrected chi connectivity index (χ1v) is 10.6. The molecule has 1 heterocycles. The molecule has 2 aromatic rings. The molecule has 1 aliphatic rings. The summed E-state index contributed by atoms with van der Waals surface area (Å²) in [6.45, 7) is 2.44. The molecule has 1 aliphatic heterocycles. The van der Waals surface area contributed by atoms with Crippen LogP contribution in [0.3, 0.4) is 0 Å². The molecule has 0 amide bonds. The fraction of sp³-hybridized carbons (Fsp3) is 0.211. The lowest BCUT2D eigenvalue weighted by Crippen LogP contribution is -2.42. The summed E-state index contributed by atoms with van der Waals surface area (Å²) < 4.78 is 23.7. The van der Waals surface area contributed by atoms with Gasteiger partial charge in [0, 0.05) is 22.7 Å². The summed E-state index contributed by atoms with van der Waals surface area (Å²) in [5.74, 6) is 0.0241. The first kappa shape index (κ1) is 18.9. The molecule has 136 valence electrons. The van der Waals surface area contributed by atoms with Gasteiger partial charge in [-0.1, -0.05) is 48.0 Å². The zero-order valence-corrected chi connectivity index (χ0v) is 16.6. The van der Waals surface area contributed by atoms with Crippen molar-refractivity contribution in [3.63, 3.8) is 0 Å². The van der Waals surface area contributed by atoms with Gasteiger partial charge in [0.25, 0.3) is 0 Å². The van der Waals surface area contributed by atoms with Crippen molar-refractivity contribution in [2.24, 2.45) is 0 Å². The molecule has 3 rings (SSSR count). The van der Waals surface area contributed by atoms with E-state index in [0.29, 0.717) is 16.7 Å². The van der Waals surface area contributed by atoms with Gasteiger partial charge in [-0.3, -0.25) is 0 Å². The molecular formula is C19H19ClN2O2S2. The van der Waals surface area contributed by atoms with Gasteiger partial charge in [-0.05, 0) is 48.5 Å². The summed E-state index contributed by atoms with van der Waals surface area (Å²) in [4.78, 5) is 1.89. The number of hydrogen-bond donors (Lipinski definition) is 1. The van der Waals surface area contributed by atoms with Crippen LogP contribution in [0.1, 0.15) is 11.1 Å². The molecule has 26 heavy (non-hydrogen) atoms. The molecule has 0 aromatic heterocycles. The standard InChI is InChI=1S/C19H19ClN2O2S2/c1-14-7-8-16(11-18(14)20)21-19(25)22(12-15-5-3-2-4-6-15)17-9-10-26(23,24)13-17/h2-11,17H,12-13H2,1H3,(H,21,25)/t17-/m0/s1. The zero-order valence-electron chi connectivity index (χ0n) is 14.2. The molecule has 1 atom stereocenters. The Labute approximate surface area is 164 Å². The summed E-state index contributed by atoms with van der Waals surface area (Å²) in [7, 11) is -3.18. The number of anilines is 1. The Kier molecular flexibility index (Phi) is 5.65. The van der Waals surface area contributed by atoms with Crippen LogP contribution in [0.5, 0.6) is 0 Å². The van der Waals surface area contributed by atoms with E-state index in [2.05, 4.69) is 5.32 Å². The minimum atomic E-state index is -3.18. The average Bonchev–Trinajstić information content (AvgIpc) is 2.96. The molecule has 2 aromatic carbocycles. The summed E-state index contributed by atoms with van der Waals surface area (Å²) in [6, 6.07) is 15.1. The van der Waals surface area contributed by atoms with E-state index in [9.17, 15) is 8.42 Å². The molecular weight excluding hydrogens is 388 g/mol. The second kappa shape index (κ2) is 7.78. The van der Waals surface area contributed by atoms with E-state index in [1.54, 1.807) is 6.08 Å². The Morgan fingerprint density at radius 2 is 2.00 bits per heavy atom. The van der Waals surface area contributed by atoms with Crippen molar-refractivity contribution in [3.8, 4) is 0 Å². The van der Waals surface area contributed by atoms with E-state index >= 15 is 0 Å². The predicted octanol–water partition coefficient (Wildman–Crippen LogP) is 4.16. The van der Waals surface area contributed by atoms with E-state index in [0.717, 1.165) is 16.8 Å². The molecule has 0 saturated heterocycles. The third-order valence-corrected chi connectivity index (χ3v) is 6.31. The average molecular weight is 407 g/mol. The minimum Gasteiger partial charge on any atom is -0.337 e. The highest BCUT2D eigenvalue weighted by molar-refractivity contribution is 7.94. The Balaban J connectivity index is 1.83. The van der Waals surface area contributed by atoms with E-state index in [-0.39, 0.29) is 11.8 Å². The maximum Gasteiger partial charge on any atom is 0.174 e. The lowest BCUT2D eigenvalue weighted by Gasteiger charge is -2.30. The van der Waals surface area contributed by atoms with Crippen molar-refractivity contribution in [1.82, 2.24) is 4.90 Å². The van der Waals surface area contributed by atoms with Gasteiger partial charge < -0.3 is 10.2 Å². The largest absolute Gasteiger partial charge is 0.337 e. The van der Waals surface area contributed by atoms with Crippen LogP contribution in [-0.4, -0.2) is 30.2 Å². The molecule has 7 heteroatoms. The summed E-state index contributed by atoms with van der Waals surface area (Å²) in [6.07, 6.45) is 1.69. The Morgan fingerprint density at radius 3 is 2.62 bits per heavy atom. The van der Waals surface area contributed by atoms with Crippen LogP contribution < -0.4 is 5.32 Å². The smallest absolute Gasteiger partial charge is 0.174 e. The van der Waals surface area contributed by atoms with E-state index in [4.69, 9.17) is 23.8 Å². The van der Waals surface area contributed by atoms with Crippen molar-refractivity contribution >= 4 is 44.5 Å². The number of nitrogens with zero attached hydrogens (tertiary/aromatic N) is 1. The highest BCUT2D eigenvalue weighted by atomic mass is 35.5. The number of sulfone groups is 1. The number of thiocarbonyl (C=S) groups is 1. The lowest BCUT2D eigenvalue weighted by molar-refractivity contribution is 0.380. The SMILES string of the molecule is Cc1ccc(NC(=S)N(Cc2ccccc2)[C@H]2C=CS(=O)(=O)C2)cc1Cl. The van der Waals surface area contributed by atoms with Crippen LogP contribution in [0, 0.1) is 6.92 Å². The number of rotatable bonds is 4. The van der Waals surface area contributed by atoms with Gasteiger partial charge in [-0.25, -0.2) is 8.42 Å². The van der Waals surface area contributed by atoms with Gasteiger partial charge in [-0.15, -0.1) is 0 Å².